The molecule has 0 atom stereocenters. The van der Waals surface area contributed by atoms with Gasteiger partial charge in [-0.25, -0.2) is 0 Å². The first kappa shape index (κ1) is 11.1. The van der Waals surface area contributed by atoms with Gasteiger partial charge in [0.25, 0.3) is 0 Å². The van der Waals surface area contributed by atoms with Crippen LogP contribution < -0.4 is 0 Å². The molecule has 0 aliphatic carbocycles. The van der Waals surface area contributed by atoms with Gasteiger partial charge in [-0.1, -0.05) is 42.5 Å². The number of benzene rings is 2. The smallest absolute Gasteiger partial charge is 0.231 e. The van der Waals surface area contributed by atoms with E-state index in [2.05, 4.69) is 0 Å². The quantitative estimate of drug-likeness (QED) is 0.802. The minimum atomic E-state index is -1.01. The van der Waals surface area contributed by atoms with E-state index in [9.17, 15) is 0 Å². The Labute approximate surface area is 99.5 Å². The van der Waals surface area contributed by atoms with Crippen LogP contribution in [-0.4, -0.2) is 6.10 Å². The first-order valence-electron chi connectivity index (χ1n) is 5.22. The summed E-state index contributed by atoms with van der Waals surface area (Å²) < 4.78 is 5.21. The van der Waals surface area contributed by atoms with E-state index in [1.807, 2.05) is 42.5 Å². The normalized spacial score (nSPS) is 10.1. The predicted molar refractivity (Wildman–Crippen MR) is 63.8 cm³/mol. The Morgan fingerprint density at radius 2 is 1.71 bits per heavy atom. The highest BCUT2D eigenvalue weighted by molar-refractivity contribution is 5.85. The number of rotatable bonds is 3. The summed E-state index contributed by atoms with van der Waals surface area (Å²) >= 11 is 0. The third-order valence-electron chi connectivity index (χ3n) is 2.52. The van der Waals surface area contributed by atoms with Crippen LogP contribution in [0.4, 0.5) is 0 Å². The van der Waals surface area contributed by atoms with Gasteiger partial charge < -0.3 is 4.74 Å². The van der Waals surface area contributed by atoms with Crippen molar-refractivity contribution in [1.82, 2.24) is 0 Å². The first-order chi connectivity index (χ1) is 8.35. The van der Waals surface area contributed by atoms with Crippen molar-refractivity contribution in [3.63, 3.8) is 0 Å². The summed E-state index contributed by atoms with van der Waals surface area (Å²) in [4.78, 5) is 0. The van der Waals surface area contributed by atoms with Crippen molar-refractivity contribution in [3.05, 3.63) is 48.0 Å². The van der Waals surface area contributed by atoms with E-state index in [4.69, 9.17) is 15.3 Å². The van der Waals surface area contributed by atoms with Crippen LogP contribution in [-0.2, 0) is 11.3 Å². The number of nitriles is 2. The summed E-state index contributed by atoms with van der Waals surface area (Å²) in [7, 11) is 0. The molecule has 0 saturated carbocycles. The zero-order valence-corrected chi connectivity index (χ0v) is 9.13. The fourth-order valence-electron chi connectivity index (χ4n) is 1.69. The van der Waals surface area contributed by atoms with Gasteiger partial charge in [0.05, 0.1) is 6.61 Å². The van der Waals surface area contributed by atoms with Gasteiger partial charge in [-0.05, 0) is 16.3 Å². The second-order valence-corrected chi connectivity index (χ2v) is 3.59. The van der Waals surface area contributed by atoms with E-state index in [-0.39, 0.29) is 6.61 Å². The summed E-state index contributed by atoms with van der Waals surface area (Å²) in [5.41, 5.74) is 0.985. The van der Waals surface area contributed by atoms with Gasteiger partial charge >= 0.3 is 0 Å². The van der Waals surface area contributed by atoms with Gasteiger partial charge in [0.15, 0.2) is 0 Å². The second-order valence-electron chi connectivity index (χ2n) is 3.59. The van der Waals surface area contributed by atoms with Crippen molar-refractivity contribution in [3.8, 4) is 12.1 Å². The standard InChI is InChI=1S/C14H10N2O/c15-8-13(9-16)17-10-12-6-3-5-11-4-1-2-7-14(11)12/h1-7,13H,10H2. The van der Waals surface area contributed by atoms with Crippen LogP contribution in [0.25, 0.3) is 10.8 Å². The lowest BCUT2D eigenvalue weighted by molar-refractivity contribution is 0.111. The van der Waals surface area contributed by atoms with Crippen LogP contribution in [0.5, 0.6) is 0 Å². The summed E-state index contributed by atoms with van der Waals surface area (Å²) in [5, 5.41) is 19.5. The minimum Gasteiger partial charge on any atom is -0.346 e. The van der Waals surface area contributed by atoms with E-state index in [1.54, 1.807) is 12.1 Å². The molecule has 0 fully saturated rings. The molecule has 0 spiro atoms. The maximum Gasteiger partial charge on any atom is 0.231 e. The third kappa shape index (κ3) is 2.42. The maximum absolute atomic E-state index is 8.62. The highest BCUT2D eigenvalue weighted by atomic mass is 16.5. The Kier molecular flexibility index (Phi) is 3.35. The van der Waals surface area contributed by atoms with Crippen molar-refractivity contribution in [1.29, 1.82) is 10.5 Å². The zero-order chi connectivity index (χ0) is 12.1. The molecule has 82 valence electrons. The minimum absolute atomic E-state index is 0.271. The molecular weight excluding hydrogens is 212 g/mol. The first-order valence-corrected chi connectivity index (χ1v) is 5.22. The average molecular weight is 222 g/mol. The molecule has 3 heteroatoms. The second kappa shape index (κ2) is 5.12. The van der Waals surface area contributed by atoms with Crippen LogP contribution in [0.1, 0.15) is 5.56 Å². The summed E-state index contributed by atoms with van der Waals surface area (Å²) in [6.45, 7) is 0.271. The van der Waals surface area contributed by atoms with Gasteiger partial charge in [-0.2, -0.15) is 10.5 Å². The van der Waals surface area contributed by atoms with Gasteiger partial charge in [0, 0.05) is 0 Å². The molecule has 0 bridgehead atoms. The van der Waals surface area contributed by atoms with E-state index < -0.39 is 6.10 Å². The molecule has 17 heavy (non-hydrogen) atoms. The SMILES string of the molecule is N#CC(C#N)OCc1cccc2ccccc12. The number of fused-ring (bicyclic) bond motifs is 1. The zero-order valence-electron chi connectivity index (χ0n) is 9.13. The van der Waals surface area contributed by atoms with Gasteiger partial charge in [0.2, 0.25) is 6.10 Å². The summed E-state index contributed by atoms with van der Waals surface area (Å²) in [5.74, 6) is 0. The van der Waals surface area contributed by atoms with Crippen molar-refractivity contribution in [2.75, 3.05) is 0 Å². The third-order valence-corrected chi connectivity index (χ3v) is 2.52. The molecule has 0 radical (unpaired) electrons. The Hall–Kier alpha value is -2.36. The molecule has 0 amide bonds. The largest absolute Gasteiger partial charge is 0.346 e. The summed E-state index contributed by atoms with van der Waals surface area (Å²) in [6.07, 6.45) is -1.01. The molecule has 3 nitrogen and oxygen atoms in total. The van der Waals surface area contributed by atoms with Crippen molar-refractivity contribution >= 4 is 10.8 Å². The Morgan fingerprint density at radius 3 is 2.47 bits per heavy atom. The lowest BCUT2D eigenvalue weighted by atomic mass is 10.1. The van der Waals surface area contributed by atoms with Crippen LogP contribution in [0.15, 0.2) is 42.5 Å². The number of hydrogen-bond donors (Lipinski definition) is 0. The molecule has 0 N–H and O–H groups in total. The molecular formula is C14H10N2O. The molecule has 2 aromatic rings. The molecule has 0 heterocycles. The Morgan fingerprint density at radius 1 is 1.00 bits per heavy atom. The fourth-order valence-corrected chi connectivity index (χ4v) is 1.69. The molecule has 2 aromatic carbocycles. The maximum atomic E-state index is 8.62. The molecule has 0 saturated heterocycles. The van der Waals surface area contributed by atoms with E-state index in [0.29, 0.717) is 0 Å². The molecule has 2 rings (SSSR count). The number of nitrogens with zero attached hydrogens (tertiary/aromatic N) is 2. The highest BCUT2D eigenvalue weighted by Crippen LogP contribution is 2.19. The Bertz CT molecular complexity index is 588. The van der Waals surface area contributed by atoms with E-state index in [0.717, 1.165) is 16.3 Å². The van der Waals surface area contributed by atoms with Crippen molar-refractivity contribution in [2.24, 2.45) is 0 Å². The van der Waals surface area contributed by atoms with Crippen molar-refractivity contribution < 1.29 is 4.74 Å². The van der Waals surface area contributed by atoms with Crippen molar-refractivity contribution in [2.45, 2.75) is 12.7 Å². The topological polar surface area (TPSA) is 56.8 Å². The lowest BCUT2D eigenvalue weighted by Gasteiger charge is -2.07. The van der Waals surface area contributed by atoms with Crippen LogP contribution >= 0.6 is 0 Å². The number of hydrogen-bond acceptors (Lipinski definition) is 3. The fraction of sp³-hybridized carbons (Fsp3) is 0.143. The van der Waals surface area contributed by atoms with E-state index in [1.165, 1.54) is 0 Å². The lowest BCUT2D eigenvalue weighted by Crippen LogP contribution is -2.07. The molecule has 0 unspecified atom stereocenters. The van der Waals surface area contributed by atoms with Crippen LogP contribution in [0, 0.1) is 22.7 Å². The predicted octanol–water partition coefficient (Wildman–Crippen LogP) is 2.77. The average Bonchev–Trinajstić information content (AvgIpc) is 2.40. The van der Waals surface area contributed by atoms with Crippen LogP contribution in [0.3, 0.4) is 0 Å². The molecule has 0 aliphatic heterocycles. The monoisotopic (exact) mass is 222 g/mol. The van der Waals surface area contributed by atoms with Gasteiger partial charge in [-0.15, -0.1) is 0 Å². The summed E-state index contributed by atoms with van der Waals surface area (Å²) in [6, 6.07) is 17.4. The Balaban J connectivity index is 2.26. The molecule has 0 aliphatic rings. The van der Waals surface area contributed by atoms with Gasteiger partial charge in [0.1, 0.15) is 12.1 Å². The highest BCUT2D eigenvalue weighted by Gasteiger charge is 2.06. The van der Waals surface area contributed by atoms with Gasteiger partial charge in [-0.3, -0.25) is 0 Å². The molecule has 0 aromatic heterocycles. The number of ether oxygens (including phenoxy) is 1. The van der Waals surface area contributed by atoms with E-state index >= 15 is 0 Å². The van der Waals surface area contributed by atoms with Crippen LogP contribution in [0.2, 0.25) is 0 Å².